The highest BCUT2D eigenvalue weighted by molar-refractivity contribution is 7.76. The lowest BCUT2D eigenvalue weighted by molar-refractivity contribution is -0.138. The van der Waals surface area contributed by atoms with Gasteiger partial charge in [0.05, 0.1) is 6.42 Å². The lowest BCUT2D eigenvalue weighted by Gasteiger charge is -2.43. The van der Waals surface area contributed by atoms with Crippen molar-refractivity contribution in [3.63, 3.8) is 0 Å². The maximum absolute atomic E-state index is 11.4. The average molecular weight is 284 g/mol. The maximum atomic E-state index is 11.4. The van der Waals surface area contributed by atoms with Gasteiger partial charge in [0, 0.05) is 23.0 Å². The van der Waals surface area contributed by atoms with Gasteiger partial charge in [-0.1, -0.05) is 24.8 Å². The molecule has 1 N–H and O–H groups in total. The Labute approximate surface area is 115 Å². The summed E-state index contributed by atoms with van der Waals surface area (Å²) >= 11 is -2.42. The molecule has 1 heterocycles. The second-order valence-electron chi connectivity index (χ2n) is 4.45. The third-order valence-electron chi connectivity index (χ3n) is 3.29. The molecule has 0 aromatic heterocycles. The van der Waals surface area contributed by atoms with Gasteiger partial charge in [0.15, 0.2) is 0 Å². The molecule has 6 heteroatoms. The smallest absolute Gasteiger partial charge is 0.303 e. The normalized spacial score (nSPS) is 29.5. The Hall–Kier alpha value is -1.40. The Bertz CT molecular complexity index is 456. The summed E-state index contributed by atoms with van der Waals surface area (Å²) in [5.74, 6) is -1.17. The molecule has 19 heavy (non-hydrogen) atoms. The Morgan fingerprint density at radius 2 is 2.32 bits per heavy atom. The van der Waals surface area contributed by atoms with E-state index in [0.29, 0.717) is 12.1 Å². The van der Waals surface area contributed by atoms with Crippen LogP contribution in [0.3, 0.4) is 0 Å². The summed E-state index contributed by atoms with van der Waals surface area (Å²) in [5.41, 5.74) is 1.40. The molecule has 0 spiro atoms. The van der Waals surface area contributed by atoms with Crippen LogP contribution < -0.4 is 0 Å². The molecule has 106 valence electrons. The van der Waals surface area contributed by atoms with Crippen molar-refractivity contribution in [3.05, 3.63) is 36.1 Å². The number of rotatable bonds is 4. The van der Waals surface area contributed by atoms with Crippen LogP contribution in [-0.4, -0.2) is 30.2 Å². The first-order valence-corrected chi connectivity index (χ1v) is 7.04. The molecule has 1 rings (SSSR count). The first-order chi connectivity index (χ1) is 8.92. The highest BCUT2D eigenvalue weighted by Crippen LogP contribution is 2.37. The van der Waals surface area contributed by atoms with E-state index in [1.165, 1.54) is 4.31 Å². The second-order valence-corrected chi connectivity index (χ2v) is 5.27. The molecule has 0 radical (unpaired) electrons. The van der Waals surface area contributed by atoms with E-state index in [2.05, 4.69) is 6.58 Å². The summed E-state index contributed by atoms with van der Waals surface area (Å²) in [6.45, 7) is 7.10. The van der Waals surface area contributed by atoms with Gasteiger partial charge in [-0.05, 0) is 31.8 Å². The number of carbonyl (C=O) groups is 1. The van der Waals surface area contributed by atoms with Crippen LogP contribution in [0.15, 0.2) is 36.1 Å². The van der Waals surface area contributed by atoms with E-state index in [1.807, 2.05) is 0 Å². The van der Waals surface area contributed by atoms with Crippen molar-refractivity contribution in [1.29, 1.82) is 0 Å². The molecule has 1 unspecified atom stereocenters. The van der Waals surface area contributed by atoms with Gasteiger partial charge in [-0.25, -0.2) is 0 Å². The number of carboxylic acids is 1. The van der Waals surface area contributed by atoms with Crippen LogP contribution in [0.1, 0.15) is 26.7 Å². The van der Waals surface area contributed by atoms with Crippen molar-refractivity contribution in [1.82, 2.24) is 4.31 Å². The summed E-state index contributed by atoms with van der Waals surface area (Å²) in [6.07, 6.45) is 5.51. The van der Waals surface area contributed by atoms with Crippen LogP contribution in [0.25, 0.3) is 0 Å². The van der Waals surface area contributed by atoms with Crippen LogP contribution in [0.4, 0.5) is 0 Å². The molecule has 0 aromatic rings. The quantitative estimate of drug-likeness (QED) is 0.800. The van der Waals surface area contributed by atoms with Crippen molar-refractivity contribution in [3.8, 4) is 0 Å². The van der Waals surface area contributed by atoms with Gasteiger partial charge in [0.2, 0.25) is 0 Å². The molecule has 0 aromatic carbocycles. The van der Waals surface area contributed by atoms with Crippen molar-refractivity contribution in [2.75, 3.05) is 0 Å². The monoisotopic (exact) mass is 284 g/mol. The number of carboxylic acid groups (broad SMARTS) is 1. The molecule has 1 aliphatic rings. The summed E-state index contributed by atoms with van der Waals surface area (Å²) in [5, 5.41) is 8.92. The number of piperidine rings is 1. The lowest BCUT2D eigenvalue weighted by atomic mass is 9.84. The Balaban J connectivity index is 3.18. The van der Waals surface area contributed by atoms with Crippen molar-refractivity contribution < 1.29 is 18.7 Å². The van der Waals surface area contributed by atoms with Crippen molar-refractivity contribution in [2.45, 2.75) is 32.7 Å². The minimum atomic E-state index is -2.42. The SMILES string of the molecule is C=C/C=C1/C[C@@H](CC(=O)O)[C@@H](C)N(S(=O)[O-])/C1=C/C. The fraction of sp³-hybridized carbons (Fsp3) is 0.462. The van der Waals surface area contributed by atoms with Gasteiger partial charge < -0.3 is 9.66 Å². The predicted octanol–water partition coefficient (Wildman–Crippen LogP) is 1.98. The van der Waals surface area contributed by atoms with E-state index in [4.69, 9.17) is 5.11 Å². The molecule has 5 nitrogen and oxygen atoms in total. The Morgan fingerprint density at radius 1 is 1.68 bits per heavy atom. The van der Waals surface area contributed by atoms with E-state index in [-0.39, 0.29) is 18.4 Å². The van der Waals surface area contributed by atoms with Gasteiger partial charge in [-0.2, -0.15) is 0 Å². The summed E-state index contributed by atoms with van der Waals surface area (Å²) in [4.78, 5) is 10.9. The fourth-order valence-corrected chi connectivity index (χ4v) is 3.23. The number of hydrogen-bond donors (Lipinski definition) is 1. The fourth-order valence-electron chi connectivity index (χ4n) is 2.40. The Morgan fingerprint density at radius 3 is 2.74 bits per heavy atom. The highest BCUT2D eigenvalue weighted by atomic mass is 32.2. The largest absolute Gasteiger partial charge is 0.755 e. The van der Waals surface area contributed by atoms with E-state index < -0.39 is 17.2 Å². The maximum Gasteiger partial charge on any atom is 0.303 e. The van der Waals surface area contributed by atoms with E-state index >= 15 is 0 Å². The predicted molar refractivity (Wildman–Crippen MR) is 72.6 cm³/mol. The minimum absolute atomic E-state index is 0.0552. The molecule has 0 saturated carbocycles. The Kier molecular flexibility index (Phi) is 5.50. The molecule has 1 saturated heterocycles. The first kappa shape index (κ1) is 15.7. The third-order valence-corrected chi connectivity index (χ3v) is 4.14. The molecule has 0 bridgehead atoms. The topological polar surface area (TPSA) is 80.7 Å². The summed E-state index contributed by atoms with van der Waals surface area (Å²) in [6, 6.07) is -0.373. The van der Waals surface area contributed by atoms with Crippen molar-refractivity contribution >= 4 is 17.2 Å². The molecule has 3 atom stereocenters. The van der Waals surface area contributed by atoms with Gasteiger partial charge in [-0.15, -0.1) is 0 Å². The molecular weight excluding hydrogens is 266 g/mol. The average Bonchev–Trinajstić information content (AvgIpc) is 2.31. The zero-order chi connectivity index (χ0) is 14.6. The zero-order valence-electron chi connectivity index (χ0n) is 11.0. The summed E-state index contributed by atoms with van der Waals surface area (Å²) in [7, 11) is 0. The van der Waals surface area contributed by atoms with Crippen LogP contribution in [-0.2, 0) is 16.1 Å². The number of allylic oxidation sites excluding steroid dienone is 4. The van der Waals surface area contributed by atoms with Crippen LogP contribution in [0, 0.1) is 5.92 Å². The third kappa shape index (κ3) is 3.54. The molecule has 0 aliphatic carbocycles. The molecule has 0 amide bonds. The standard InChI is InChI=1S/C13H19NO4S/c1-4-6-10-7-11(8-13(15)16)9(3)14(19(17)18)12(10)5-2/h4-6,9,11H,1,7-8H2,2-3H3,(H,15,16)(H,17,18)/p-1/b10-6-,12-5+/t9-,11+/m1/s1. The van der Waals surface area contributed by atoms with Gasteiger partial charge in [0.1, 0.15) is 0 Å². The second kappa shape index (κ2) is 6.68. The first-order valence-electron chi connectivity index (χ1n) is 6.01. The highest BCUT2D eigenvalue weighted by Gasteiger charge is 2.34. The van der Waals surface area contributed by atoms with Crippen LogP contribution in [0.2, 0.25) is 0 Å². The van der Waals surface area contributed by atoms with E-state index in [9.17, 15) is 13.6 Å². The van der Waals surface area contributed by atoms with Gasteiger partial charge >= 0.3 is 5.97 Å². The lowest BCUT2D eigenvalue weighted by Crippen LogP contribution is -2.44. The van der Waals surface area contributed by atoms with Crippen LogP contribution >= 0.6 is 0 Å². The number of aliphatic carboxylic acids is 1. The molecule has 1 aliphatic heterocycles. The van der Waals surface area contributed by atoms with E-state index in [0.717, 1.165) is 5.57 Å². The number of nitrogens with zero attached hydrogens (tertiary/aromatic N) is 1. The summed E-state index contributed by atoms with van der Waals surface area (Å²) < 4.78 is 24.0. The zero-order valence-corrected chi connectivity index (χ0v) is 11.9. The van der Waals surface area contributed by atoms with Gasteiger partial charge in [0.25, 0.3) is 0 Å². The van der Waals surface area contributed by atoms with Crippen LogP contribution in [0.5, 0.6) is 0 Å². The van der Waals surface area contributed by atoms with Crippen molar-refractivity contribution in [2.24, 2.45) is 5.92 Å². The molecular formula is C13H18NO4S-. The van der Waals surface area contributed by atoms with Gasteiger partial charge in [-0.3, -0.25) is 13.3 Å². The molecule has 1 fully saturated rings. The van der Waals surface area contributed by atoms with E-state index in [1.54, 1.807) is 32.1 Å². The number of hydrogen-bond acceptors (Lipinski definition) is 3. The minimum Gasteiger partial charge on any atom is -0.755 e.